The Hall–Kier alpha value is -1.70. The molecule has 0 atom stereocenters. The van der Waals surface area contributed by atoms with Gasteiger partial charge in [-0.15, -0.1) is 0 Å². The van der Waals surface area contributed by atoms with E-state index in [0.717, 1.165) is 9.26 Å². The summed E-state index contributed by atoms with van der Waals surface area (Å²) in [4.78, 5) is 23.2. The molecule has 6 heteroatoms. The number of hydrogen-bond donors (Lipinski definition) is 1. The van der Waals surface area contributed by atoms with Gasteiger partial charge in [-0.05, 0) is 40.6 Å². The summed E-state index contributed by atoms with van der Waals surface area (Å²) in [5.41, 5.74) is 0.222. The SMILES string of the molecule is CC(C)c1cn(-c2ccccc2I)nc(C(=O)O)c1=O. The molecule has 0 radical (unpaired) electrons. The number of hydrogen-bond acceptors (Lipinski definition) is 3. The molecule has 0 bridgehead atoms. The van der Waals surface area contributed by atoms with Gasteiger partial charge in [-0.3, -0.25) is 4.79 Å². The maximum Gasteiger partial charge on any atom is 0.360 e. The zero-order valence-electron chi connectivity index (χ0n) is 11.0. The molecule has 0 unspecified atom stereocenters. The van der Waals surface area contributed by atoms with E-state index in [-0.39, 0.29) is 5.92 Å². The molecular weight excluding hydrogens is 371 g/mol. The van der Waals surface area contributed by atoms with Crippen molar-refractivity contribution in [2.75, 3.05) is 0 Å². The second-order valence-electron chi connectivity index (χ2n) is 4.62. The number of carboxylic acids is 1. The number of para-hydroxylation sites is 1. The van der Waals surface area contributed by atoms with Gasteiger partial charge in [0.1, 0.15) is 0 Å². The molecule has 1 aromatic carbocycles. The molecule has 0 aliphatic rings. The molecular formula is C14H13IN2O3. The average molecular weight is 384 g/mol. The minimum absolute atomic E-state index is 0.0729. The number of aromatic nitrogens is 2. The van der Waals surface area contributed by atoms with Crippen molar-refractivity contribution < 1.29 is 9.90 Å². The number of carbonyl (C=O) groups is 1. The first-order valence-corrected chi connectivity index (χ1v) is 7.11. The number of carboxylic acid groups (broad SMARTS) is 1. The van der Waals surface area contributed by atoms with Gasteiger partial charge in [-0.25, -0.2) is 9.48 Å². The van der Waals surface area contributed by atoms with E-state index in [2.05, 4.69) is 27.7 Å². The van der Waals surface area contributed by atoms with Crippen LogP contribution >= 0.6 is 22.6 Å². The van der Waals surface area contributed by atoms with Gasteiger partial charge in [-0.2, -0.15) is 5.10 Å². The molecule has 0 saturated carbocycles. The Morgan fingerprint density at radius 1 is 1.35 bits per heavy atom. The van der Waals surface area contributed by atoms with Crippen molar-refractivity contribution in [3.63, 3.8) is 0 Å². The van der Waals surface area contributed by atoms with E-state index >= 15 is 0 Å². The van der Waals surface area contributed by atoms with Gasteiger partial charge < -0.3 is 5.11 Å². The standard InChI is InChI=1S/C14H13IN2O3/c1-8(2)9-7-17(11-6-4-3-5-10(11)15)16-12(13(9)18)14(19)20/h3-8H,1-2H3,(H,19,20). The predicted molar refractivity (Wildman–Crippen MR) is 83.6 cm³/mol. The van der Waals surface area contributed by atoms with E-state index in [9.17, 15) is 9.59 Å². The highest BCUT2D eigenvalue weighted by Gasteiger charge is 2.18. The molecule has 2 rings (SSSR count). The van der Waals surface area contributed by atoms with Crippen LogP contribution in [0.25, 0.3) is 5.69 Å². The minimum atomic E-state index is -1.31. The number of rotatable bonds is 3. The van der Waals surface area contributed by atoms with Gasteiger partial charge in [0.05, 0.1) is 5.69 Å². The smallest absolute Gasteiger partial charge is 0.360 e. The highest BCUT2D eigenvalue weighted by molar-refractivity contribution is 14.1. The Balaban J connectivity index is 2.76. The van der Waals surface area contributed by atoms with Gasteiger partial charge in [0, 0.05) is 15.3 Å². The first-order valence-electron chi connectivity index (χ1n) is 6.04. The molecule has 1 N–H and O–H groups in total. The third-order valence-corrected chi connectivity index (χ3v) is 3.78. The Morgan fingerprint density at radius 3 is 2.55 bits per heavy atom. The maximum atomic E-state index is 12.1. The fraction of sp³-hybridized carbons (Fsp3) is 0.214. The van der Waals surface area contributed by atoms with Gasteiger partial charge in [0.15, 0.2) is 0 Å². The largest absolute Gasteiger partial charge is 0.476 e. The Bertz CT molecular complexity index is 723. The first kappa shape index (κ1) is 14.7. The Kier molecular flexibility index (Phi) is 4.22. The zero-order chi connectivity index (χ0) is 14.9. The number of benzene rings is 1. The normalized spacial score (nSPS) is 10.8. The molecule has 0 aliphatic carbocycles. The minimum Gasteiger partial charge on any atom is -0.476 e. The molecule has 1 heterocycles. The second-order valence-corrected chi connectivity index (χ2v) is 5.78. The van der Waals surface area contributed by atoms with Crippen LogP contribution in [-0.4, -0.2) is 20.9 Å². The van der Waals surface area contributed by atoms with Crippen LogP contribution in [0.3, 0.4) is 0 Å². The van der Waals surface area contributed by atoms with Crippen LogP contribution in [-0.2, 0) is 0 Å². The van der Waals surface area contributed by atoms with Crippen molar-refractivity contribution in [1.29, 1.82) is 0 Å². The number of nitrogens with zero attached hydrogens (tertiary/aromatic N) is 2. The third kappa shape index (κ3) is 2.74. The fourth-order valence-corrected chi connectivity index (χ4v) is 2.46. The van der Waals surface area contributed by atoms with Crippen molar-refractivity contribution in [2.45, 2.75) is 19.8 Å². The van der Waals surface area contributed by atoms with Crippen LogP contribution < -0.4 is 5.43 Å². The summed E-state index contributed by atoms with van der Waals surface area (Å²) in [6.07, 6.45) is 1.61. The molecule has 5 nitrogen and oxygen atoms in total. The molecule has 0 saturated heterocycles. The zero-order valence-corrected chi connectivity index (χ0v) is 13.2. The van der Waals surface area contributed by atoms with Crippen molar-refractivity contribution in [3.8, 4) is 5.69 Å². The van der Waals surface area contributed by atoms with E-state index in [1.165, 1.54) is 4.68 Å². The van der Waals surface area contributed by atoms with Crippen LogP contribution in [0.1, 0.15) is 35.8 Å². The van der Waals surface area contributed by atoms with E-state index in [0.29, 0.717) is 5.56 Å². The van der Waals surface area contributed by atoms with Crippen molar-refractivity contribution in [1.82, 2.24) is 9.78 Å². The molecule has 104 valence electrons. The van der Waals surface area contributed by atoms with E-state index in [1.807, 2.05) is 38.1 Å². The van der Waals surface area contributed by atoms with Crippen LogP contribution in [0.5, 0.6) is 0 Å². The summed E-state index contributed by atoms with van der Waals surface area (Å²) in [7, 11) is 0. The monoisotopic (exact) mass is 384 g/mol. The van der Waals surface area contributed by atoms with Crippen LogP contribution in [0.15, 0.2) is 35.3 Å². The van der Waals surface area contributed by atoms with Gasteiger partial charge >= 0.3 is 5.97 Å². The topological polar surface area (TPSA) is 72.2 Å². The highest BCUT2D eigenvalue weighted by Crippen LogP contribution is 2.17. The molecule has 0 spiro atoms. The quantitative estimate of drug-likeness (QED) is 0.827. The summed E-state index contributed by atoms with van der Waals surface area (Å²) < 4.78 is 2.38. The summed E-state index contributed by atoms with van der Waals surface area (Å²) in [5.74, 6) is -1.38. The summed E-state index contributed by atoms with van der Waals surface area (Å²) >= 11 is 2.14. The summed E-state index contributed by atoms with van der Waals surface area (Å²) in [6, 6.07) is 7.45. The van der Waals surface area contributed by atoms with E-state index < -0.39 is 17.1 Å². The second kappa shape index (κ2) is 5.74. The van der Waals surface area contributed by atoms with Crippen molar-refractivity contribution in [3.05, 3.63) is 55.5 Å². The van der Waals surface area contributed by atoms with Crippen LogP contribution in [0.2, 0.25) is 0 Å². The van der Waals surface area contributed by atoms with Gasteiger partial charge in [0.2, 0.25) is 11.1 Å². The molecule has 0 aliphatic heterocycles. The third-order valence-electron chi connectivity index (χ3n) is 2.87. The van der Waals surface area contributed by atoms with Crippen molar-refractivity contribution in [2.24, 2.45) is 0 Å². The lowest BCUT2D eigenvalue weighted by Gasteiger charge is -2.12. The highest BCUT2D eigenvalue weighted by atomic mass is 127. The Labute approximate surface area is 129 Å². The lowest BCUT2D eigenvalue weighted by Crippen LogP contribution is -2.25. The molecule has 1 aromatic heterocycles. The molecule has 0 amide bonds. The number of aromatic carboxylic acids is 1. The van der Waals surface area contributed by atoms with Crippen LogP contribution in [0, 0.1) is 3.57 Å². The van der Waals surface area contributed by atoms with Crippen LogP contribution in [0.4, 0.5) is 0 Å². The Morgan fingerprint density at radius 2 is 2.00 bits per heavy atom. The predicted octanol–water partition coefficient (Wildman–Crippen LogP) is 2.66. The first-order chi connectivity index (χ1) is 9.41. The van der Waals surface area contributed by atoms with Crippen molar-refractivity contribution >= 4 is 28.6 Å². The van der Waals surface area contributed by atoms with E-state index in [4.69, 9.17) is 5.11 Å². The average Bonchev–Trinajstić information content (AvgIpc) is 2.39. The summed E-state index contributed by atoms with van der Waals surface area (Å²) in [5, 5.41) is 13.1. The molecule has 20 heavy (non-hydrogen) atoms. The maximum absolute atomic E-state index is 12.1. The van der Waals surface area contributed by atoms with E-state index in [1.54, 1.807) is 6.20 Å². The van der Waals surface area contributed by atoms with Gasteiger partial charge in [0.25, 0.3) is 0 Å². The molecule has 0 fully saturated rings. The summed E-state index contributed by atoms with van der Waals surface area (Å²) in [6.45, 7) is 3.70. The number of halogens is 1. The lowest BCUT2D eigenvalue weighted by molar-refractivity contribution is 0.0686. The molecule has 2 aromatic rings. The van der Waals surface area contributed by atoms with Gasteiger partial charge in [-0.1, -0.05) is 26.0 Å². The fourth-order valence-electron chi connectivity index (χ4n) is 1.82. The lowest BCUT2D eigenvalue weighted by atomic mass is 10.0.